The summed E-state index contributed by atoms with van der Waals surface area (Å²) in [6.45, 7) is 0. The lowest BCUT2D eigenvalue weighted by atomic mass is 9.88. The molecule has 0 heterocycles. The van der Waals surface area contributed by atoms with Gasteiger partial charge < -0.3 is 4.74 Å². The van der Waals surface area contributed by atoms with Crippen LogP contribution in [0.5, 0.6) is 0 Å². The van der Waals surface area contributed by atoms with E-state index in [1.165, 1.54) is 11.1 Å². The van der Waals surface area contributed by atoms with Gasteiger partial charge in [-0.25, -0.2) is 0 Å². The van der Waals surface area contributed by atoms with E-state index in [1.54, 1.807) is 7.11 Å². The second-order valence-electron chi connectivity index (χ2n) is 3.60. The largest absolute Gasteiger partial charge is 0.501 e. The van der Waals surface area contributed by atoms with Crippen LogP contribution in [0.4, 0.5) is 0 Å². The molecule has 0 atom stereocenters. The Morgan fingerprint density at radius 2 is 2.13 bits per heavy atom. The molecule has 2 nitrogen and oxygen atoms in total. The van der Waals surface area contributed by atoms with E-state index < -0.39 is 0 Å². The minimum Gasteiger partial charge on any atom is -0.501 e. The third-order valence-corrected chi connectivity index (χ3v) is 2.80. The average molecular weight is 199 g/mol. The molecule has 0 saturated heterocycles. The number of nitriles is 1. The van der Waals surface area contributed by atoms with Crippen molar-refractivity contribution < 1.29 is 4.74 Å². The maximum atomic E-state index is 8.82. The van der Waals surface area contributed by atoms with E-state index in [9.17, 15) is 0 Å². The van der Waals surface area contributed by atoms with Gasteiger partial charge in [0.1, 0.15) is 5.76 Å². The van der Waals surface area contributed by atoms with Gasteiger partial charge in [0.2, 0.25) is 0 Å². The van der Waals surface area contributed by atoms with Crippen molar-refractivity contribution in [1.82, 2.24) is 0 Å². The molecule has 1 aliphatic carbocycles. The van der Waals surface area contributed by atoms with E-state index in [0.717, 1.165) is 24.2 Å². The zero-order valence-electron chi connectivity index (χ0n) is 8.79. The molecule has 76 valence electrons. The first-order valence-electron chi connectivity index (χ1n) is 5.08. The molecule has 1 aromatic rings. The molecular formula is C13H13NO. The van der Waals surface area contributed by atoms with Gasteiger partial charge in [0.25, 0.3) is 0 Å². The highest BCUT2D eigenvalue weighted by Crippen LogP contribution is 2.33. The van der Waals surface area contributed by atoms with Crippen molar-refractivity contribution in [2.24, 2.45) is 0 Å². The van der Waals surface area contributed by atoms with Gasteiger partial charge in [-0.3, -0.25) is 0 Å². The molecule has 1 aromatic carbocycles. The van der Waals surface area contributed by atoms with Gasteiger partial charge in [0.05, 0.1) is 19.6 Å². The van der Waals surface area contributed by atoms with Crippen molar-refractivity contribution in [3.8, 4) is 6.07 Å². The highest BCUT2D eigenvalue weighted by atomic mass is 16.5. The first-order valence-corrected chi connectivity index (χ1v) is 5.08. The summed E-state index contributed by atoms with van der Waals surface area (Å²) in [6, 6.07) is 10.4. The van der Waals surface area contributed by atoms with Crippen molar-refractivity contribution in [3.63, 3.8) is 0 Å². The van der Waals surface area contributed by atoms with Gasteiger partial charge in [-0.1, -0.05) is 24.3 Å². The Kier molecular flexibility index (Phi) is 2.73. The number of methoxy groups -OCH3 is 1. The summed E-state index contributed by atoms with van der Waals surface area (Å²) in [6.07, 6.45) is 2.35. The van der Waals surface area contributed by atoms with Gasteiger partial charge >= 0.3 is 0 Å². The monoisotopic (exact) mass is 199 g/mol. The fourth-order valence-corrected chi connectivity index (χ4v) is 2.08. The predicted octanol–water partition coefficient (Wildman–Crippen LogP) is 2.90. The highest BCUT2D eigenvalue weighted by Gasteiger charge is 2.18. The maximum Gasteiger partial charge on any atom is 0.101 e. The smallest absolute Gasteiger partial charge is 0.101 e. The zero-order valence-corrected chi connectivity index (χ0v) is 8.79. The molecule has 0 fully saturated rings. The molecular weight excluding hydrogens is 186 g/mol. The van der Waals surface area contributed by atoms with Crippen LogP contribution in [0.25, 0.3) is 5.57 Å². The Balaban J connectivity index is 2.51. The van der Waals surface area contributed by atoms with Crippen LogP contribution in [-0.4, -0.2) is 7.11 Å². The quantitative estimate of drug-likeness (QED) is 0.733. The van der Waals surface area contributed by atoms with Crippen LogP contribution in [-0.2, 0) is 11.2 Å². The van der Waals surface area contributed by atoms with E-state index in [1.807, 2.05) is 12.1 Å². The van der Waals surface area contributed by atoms with Crippen molar-refractivity contribution in [1.29, 1.82) is 5.26 Å². The SMILES string of the molecule is COC1=C(CC#N)c2ccccc2CC1. The number of nitrogens with zero attached hydrogens (tertiary/aromatic N) is 1. The Morgan fingerprint density at radius 3 is 2.87 bits per heavy atom. The van der Waals surface area contributed by atoms with Crippen molar-refractivity contribution in [3.05, 3.63) is 41.2 Å². The van der Waals surface area contributed by atoms with Crippen LogP contribution in [0.3, 0.4) is 0 Å². The summed E-state index contributed by atoms with van der Waals surface area (Å²) >= 11 is 0. The third kappa shape index (κ3) is 1.73. The maximum absolute atomic E-state index is 8.82. The van der Waals surface area contributed by atoms with Crippen molar-refractivity contribution in [2.75, 3.05) is 7.11 Å². The Bertz CT molecular complexity index is 440. The minimum absolute atomic E-state index is 0.431. The predicted molar refractivity (Wildman–Crippen MR) is 58.9 cm³/mol. The number of aryl methyl sites for hydroxylation is 1. The third-order valence-electron chi connectivity index (χ3n) is 2.80. The van der Waals surface area contributed by atoms with Crippen LogP contribution < -0.4 is 0 Å². The van der Waals surface area contributed by atoms with Crippen LogP contribution in [0.2, 0.25) is 0 Å². The lowest BCUT2D eigenvalue weighted by Gasteiger charge is -2.20. The number of fused-ring (bicyclic) bond motifs is 1. The normalized spacial score (nSPS) is 14.4. The van der Waals surface area contributed by atoms with Crippen LogP contribution in [0.15, 0.2) is 30.0 Å². The first-order chi connectivity index (χ1) is 7.36. The van der Waals surface area contributed by atoms with E-state index in [0.29, 0.717) is 6.42 Å². The standard InChI is InChI=1S/C13H13NO/c1-15-13-7-6-10-4-2-3-5-11(10)12(13)8-9-14/h2-5H,6-8H2,1H3. The molecule has 1 aliphatic rings. The van der Waals surface area contributed by atoms with Gasteiger partial charge in [0.15, 0.2) is 0 Å². The summed E-state index contributed by atoms with van der Waals surface area (Å²) in [5.41, 5.74) is 3.56. The van der Waals surface area contributed by atoms with Crippen LogP contribution >= 0.6 is 0 Å². The average Bonchev–Trinajstić information content (AvgIpc) is 2.30. The Hall–Kier alpha value is -1.75. The lowest BCUT2D eigenvalue weighted by Crippen LogP contribution is -2.06. The summed E-state index contributed by atoms with van der Waals surface area (Å²) in [5, 5.41) is 8.82. The number of ether oxygens (including phenoxy) is 1. The summed E-state index contributed by atoms with van der Waals surface area (Å²) < 4.78 is 5.34. The van der Waals surface area contributed by atoms with E-state index in [4.69, 9.17) is 10.00 Å². The molecule has 0 unspecified atom stereocenters. The molecule has 0 radical (unpaired) electrons. The number of hydrogen-bond acceptors (Lipinski definition) is 2. The number of hydrogen-bond donors (Lipinski definition) is 0. The second kappa shape index (κ2) is 4.18. The van der Waals surface area contributed by atoms with Gasteiger partial charge in [-0.05, 0) is 17.5 Å². The Morgan fingerprint density at radius 1 is 1.33 bits per heavy atom. The highest BCUT2D eigenvalue weighted by molar-refractivity contribution is 5.73. The molecule has 0 bridgehead atoms. The van der Waals surface area contributed by atoms with E-state index >= 15 is 0 Å². The molecule has 15 heavy (non-hydrogen) atoms. The summed E-state index contributed by atoms with van der Waals surface area (Å²) in [4.78, 5) is 0. The van der Waals surface area contributed by atoms with Gasteiger partial charge in [0, 0.05) is 12.0 Å². The topological polar surface area (TPSA) is 33.0 Å². The molecule has 2 rings (SSSR count). The second-order valence-corrected chi connectivity index (χ2v) is 3.60. The lowest BCUT2D eigenvalue weighted by molar-refractivity contribution is 0.277. The first kappa shape index (κ1) is 9.79. The number of benzene rings is 1. The fraction of sp³-hybridized carbons (Fsp3) is 0.308. The van der Waals surface area contributed by atoms with Gasteiger partial charge in [-0.2, -0.15) is 5.26 Å². The van der Waals surface area contributed by atoms with E-state index in [-0.39, 0.29) is 0 Å². The van der Waals surface area contributed by atoms with E-state index in [2.05, 4.69) is 18.2 Å². The molecule has 0 saturated carbocycles. The fourth-order valence-electron chi connectivity index (χ4n) is 2.08. The molecule has 0 aliphatic heterocycles. The minimum atomic E-state index is 0.431. The molecule has 0 N–H and O–H groups in total. The Labute approximate surface area is 89.8 Å². The summed E-state index contributed by atoms with van der Waals surface area (Å²) in [7, 11) is 1.68. The number of rotatable bonds is 2. The van der Waals surface area contributed by atoms with Gasteiger partial charge in [-0.15, -0.1) is 0 Å². The van der Waals surface area contributed by atoms with Crippen LogP contribution in [0, 0.1) is 11.3 Å². The van der Waals surface area contributed by atoms with Crippen molar-refractivity contribution >= 4 is 5.57 Å². The van der Waals surface area contributed by atoms with Crippen molar-refractivity contribution in [2.45, 2.75) is 19.3 Å². The molecule has 0 spiro atoms. The molecule has 0 amide bonds. The molecule has 2 heteroatoms. The zero-order chi connectivity index (χ0) is 10.7. The number of allylic oxidation sites excluding steroid dienone is 2. The van der Waals surface area contributed by atoms with Crippen LogP contribution in [0.1, 0.15) is 24.0 Å². The molecule has 0 aromatic heterocycles. The summed E-state index contributed by atoms with van der Waals surface area (Å²) in [5.74, 6) is 0.968.